The molecule has 1 N–H and O–H groups in total. The Hall–Kier alpha value is -2.96. The first-order chi connectivity index (χ1) is 15.2. The van der Waals surface area contributed by atoms with Crippen molar-refractivity contribution in [1.29, 1.82) is 0 Å². The van der Waals surface area contributed by atoms with E-state index in [9.17, 15) is 5.11 Å². The van der Waals surface area contributed by atoms with Crippen molar-refractivity contribution in [1.82, 2.24) is 10.2 Å². The van der Waals surface area contributed by atoms with Gasteiger partial charge in [0.05, 0.1) is 11.3 Å². The molecule has 0 spiro atoms. The molecule has 1 aromatic heterocycles. The largest absolute Gasteiger partial charge is 0.483 e. The lowest BCUT2D eigenvalue weighted by Crippen LogP contribution is -2.36. The van der Waals surface area contributed by atoms with E-state index >= 15 is 0 Å². The van der Waals surface area contributed by atoms with Crippen molar-refractivity contribution in [2.75, 3.05) is 13.2 Å². The molecule has 1 aliphatic heterocycles. The quantitative estimate of drug-likeness (QED) is 0.562. The predicted octanol–water partition coefficient (Wildman–Crippen LogP) is 4.11. The van der Waals surface area contributed by atoms with E-state index in [2.05, 4.69) is 10.2 Å². The zero-order chi connectivity index (χ0) is 21.4. The highest BCUT2D eigenvalue weighted by molar-refractivity contribution is 5.34. The summed E-state index contributed by atoms with van der Waals surface area (Å²) in [6.07, 6.45) is 2.53. The standard InChI is InChI=1S/C25H28N2O4/c28-25(13-15-29-16-14-25)12-11-22-17-23(30-18-20-7-3-1-4-8-20)24(27-26-22)31-19-21-9-5-2-6-10-21/h1-10,17,28H,11-16,18-19H2. The van der Waals surface area contributed by atoms with Crippen LogP contribution in [-0.4, -0.2) is 34.1 Å². The molecule has 0 amide bonds. The molecular weight excluding hydrogens is 392 g/mol. The third kappa shape index (κ3) is 6.26. The van der Waals surface area contributed by atoms with Crippen LogP contribution in [0.5, 0.6) is 11.6 Å². The Kier molecular flexibility index (Phi) is 7.12. The summed E-state index contributed by atoms with van der Waals surface area (Å²) in [4.78, 5) is 0. The van der Waals surface area contributed by atoms with Gasteiger partial charge in [0.15, 0.2) is 5.75 Å². The number of nitrogens with zero attached hydrogens (tertiary/aromatic N) is 2. The zero-order valence-corrected chi connectivity index (χ0v) is 17.6. The predicted molar refractivity (Wildman–Crippen MR) is 117 cm³/mol. The van der Waals surface area contributed by atoms with Gasteiger partial charge >= 0.3 is 0 Å². The second-order valence-corrected chi connectivity index (χ2v) is 7.89. The lowest BCUT2D eigenvalue weighted by Gasteiger charge is -2.31. The van der Waals surface area contributed by atoms with E-state index in [0.717, 1.165) is 16.8 Å². The van der Waals surface area contributed by atoms with Gasteiger partial charge in [-0.25, -0.2) is 0 Å². The molecule has 0 radical (unpaired) electrons. The van der Waals surface area contributed by atoms with Crippen molar-refractivity contribution < 1.29 is 19.3 Å². The van der Waals surface area contributed by atoms with E-state index < -0.39 is 5.60 Å². The number of rotatable bonds is 9. The number of ether oxygens (including phenoxy) is 3. The summed E-state index contributed by atoms with van der Waals surface area (Å²) in [6, 6.07) is 21.8. The highest BCUT2D eigenvalue weighted by atomic mass is 16.5. The number of aliphatic hydroxyl groups is 1. The third-order valence-corrected chi connectivity index (χ3v) is 5.50. The molecule has 6 nitrogen and oxygen atoms in total. The molecular formula is C25H28N2O4. The number of hydrogen-bond acceptors (Lipinski definition) is 6. The Morgan fingerprint density at radius 3 is 2.10 bits per heavy atom. The third-order valence-electron chi connectivity index (χ3n) is 5.50. The topological polar surface area (TPSA) is 73.7 Å². The van der Waals surface area contributed by atoms with Crippen LogP contribution >= 0.6 is 0 Å². The summed E-state index contributed by atoms with van der Waals surface area (Å²) in [5, 5.41) is 19.3. The summed E-state index contributed by atoms with van der Waals surface area (Å²) in [5.41, 5.74) is 2.18. The van der Waals surface area contributed by atoms with Crippen LogP contribution in [0, 0.1) is 0 Å². The van der Waals surface area contributed by atoms with Crippen LogP contribution in [0.2, 0.25) is 0 Å². The Balaban J connectivity index is 1.46. The minimum absolute atomic E-state index is 0.369. The molecule has 1 aliphatic rings. The van der Waals surface area contributed by atoms with Gasteiger partial charge in [0.25, 0.3) is 5.88 Å². The molecule has 1 saturated heterocycles. The molecule has 1 fully saturated rings. The van der Waals surface area contributed by atoms with E-state index in [-0.39, 0.29) is 0 Å². The van der Waals surface area contributed by atoms with E-state index in [1.807, 2.05) is 66.7 Å². The molecule has 4 rings (SSSR count). The van der Waals surface area contributed by atoms with Crippen LogP contribution < -0.4 is 9.47 Å². The van der Waals surface area contributed by atoms with E-state index in [1.54, 1.807) is 0 Å². The fraction of sp³-hybridized carbons (Fsp3) is 0.360. The molecule has 3 aromatic rings. The van der Waals surface area contributed by atoms with Crippen molar-refractivity contribution in [3.63, 3.8) is 0 Å². The highest BCUT2D eigenvalue weighted by Gasteiger charge is 2.29. The van der Waals surface area contributed by atoms with Crippen molar-refractivity contribution in [3.05, 3.63) is 83.6 Å². The number of hydrogen-bond donors (Lipinski definition) is 1. The molecule has 162 valence electrons. The van der Waals surface area contributed by atoms with Crippen LogP contribution in [0.3, 0.4) is 0 Å². The molecule has 0 saturated carbocycles. The molecule has 0 unspecified atom stereocenters. The second kappa shape index (κ2) is 10.4. The van der Waals surface area contributed by atoms with Crippen molar-refractivity contribution in [2.24, 2.45) is 0 Å². The number of benzene rings is 2. The minimum atomic E-state index is -0.701. The van der Waals surface area contributed by atoms with Gasteiger partial charge in [0.1, 0.15) is 13.2 Å². The van der Waals surface area contributed by atoms with Crippen LogP contribution in [0.1, 0.15) is 36.1 Å². The summed E-state index contributed by atoms with van der Waals surface area (Å²) in [7, 11) is 0. The number of aryl methyl sites for hydroxylation is 1. The first kappa shape index (κ1) is 21.3. The lowest BCUT2D eigenvalue weighted by molar-refractivity contribution is -0.0677. The average Bonchev–Trinajstić information content (AvgIpc) is 2.82. The van der Waals surface area contributed by atoms with Crippen LogP contribution in [0.4, 0.5) is 0 Å². The smallest absolute Gasteiger partial charge is 0.276 e. The first-order valence-electron chi connectivity index (χ1n) is 10.7. The summed E-state index contributed by atoms with van der Waals surface area (Å²) < 4.78 is 17.3. The molecule has 0 aliphatic carbocycles. The van der Waals surface area contributed by atoms with Gasteiger partial charge < -0.3 is 19.3 Å². The van der Waals surface area contributed by atoms with Crippen molar-refractivity contribution >= 4 is 0 Å². The fourth-order valence-corrected chi connectivity index (χ4v) is 3.55. The maximum atomic E-state index is 10.7. The van der Waals surface area contributed by atoms with E-state index in [0.29, 0.717) is 63.7 Å². The zero-order valence-electron chi connectivity index (χ0n) is 17.6. The van der Waals surface area contributed by atoms with Crippen LogP contribution in [0.15, 0.2) is 66.7 Å². The molecule has 6 heteroatoms. The van der Waals surface area contributed by atoms with Gasteiger partial charge in [-0.3, -0.25) is 0 Å². The van der Waals surface area contributed by atoms with Crippen LogP contribution in [0.25, 0.3) is 0 Å². The monoisotopic (exact) mass is 420 g/mol. The van der Waals surface area contributed by atoms with Gasteiger partial charge in [0.2, 0.25) is 0 Å². The Labute approximate surface area is 182 Å². The SMILES string of the molecule is OC1(CCc2cc(OCc3ccccc3)c(OCc3ccccc3)nn2)CCOCC1. The summed E-state index contributed by atoms with van der Waals surface area (Å²) in [5.74, 6) is 0.928. The maximum absolute atomic E-state index is 10.7. The Morgan fingerprint density at radius 2 is 1.45 bits per heavy atom. The summed E-state index contributed by atoms with van der Waals surface area (Å²) >= 11 is 0. The van der Waals surface area contributed by atoms with Gasteiger partial charge in [-0.15, -0.1) is 5.10 Å². The molecule has 0 bridgehead atoms. The van der Waals surface area contributed by atoms with Crippen LogP contribution in [-0.2, 0) is 24.4 Å². The minimum Gasteiger partial charge on any atom is -0.483 e. The normalized spacial score (nSPS) is 15.4. The fourth-order valence-electron chi connectivity index (χ4n) is 3.55. The molecule has 2 aromatic carbocycles. The van der Waals surface area contributed by atoms with Gasteiger partial charge in [-0.2, -0.15) is 5.10 Å². The Bertz CT molecular complexity index is 944. The molecule has 31 heavy (non-hydrogen) atoms. The lowest BCUT2D eigenvalue weighted by atomic mass is 9.89. The van der Waals surface area contributed by atoms with Crippen molar-refractivity contribution in [2.45, 2.75) is 44.5 Å². The Morgan fingerprint density at radius 1 is 0.839 bits per heavy atom. The van der Waals surface area contributed by atoms with E-state index in [1.165, 1.54) is 0 Å². The number of aromatic nitrogens is 2. The first-order valence-corrected chi connectivity index (χ1v) is 10.7. The van der Waals surface area contributed by atoms with Gasteiger partial charge in [-0.1, -0.05) is 60.7 Å². The average molecular weight is 421 g/mol. The molecule has 0 atom stereocenters. The molecule has 2 heterocycles. The summed E-state index contributed by atoms with van der Waals surface area (Å²) in [6.45, 7) is 1.99. The highest BCUT2D eigenvalue weighted by Crippen LogP contribution is 2.29. The maximum Gasteiger partial charge on any atom is 0.276 e. The van der Waals surface area contributed by atoms with Gasteiger partial charge in [0, 0.05) is 19.3 Å². The van der Waals surface area contributed by atoms with Gasteiger partial charge in [-0.05, 0) is 36.8 Å². The van der Waals surface area contributed by atoms with E-state index in [4.69, 9.17) is 14.2 Å². The second-order valence-electron chi connectivity index (χ2n) is 7.89. The van der Waals surface area contributed by atoms with Crippen molar-refractivity contribution in [3.8, 4) is 11.6 Å².